The Morgan fingerprint density at radius 1 is 1.28 bits per heavy atom. The van der Waals surface area contributed by atoms with Crippen molar-refractivity contribution < 1.29 is 22.7 Å². The van der Waals surface area contributed by atoms with E-state index in [0.29, 0.717) is 5.56 Å². The highest BCUT2D eigenvalue weighted by molar-refractivity contribution is 5.78. The number of ether oxygens (including phenoxy) is 1. The third-order valence-electron chi connectivity index (χ3n) is 2.66. The Bertz CT molecular complexity index is 446. The highest BCUT2D eigenvalue weighted by atomic mass is 19.4. The van der Waals surface area contributed by atoms with Gasteiger partial charge < -0.3 is 4.74 Å². The van der Waals surface area contributed by atoms with Gasteiger partial charge >= 0.3 is 12.1 Å². The molecular weight excluding hydrogens is 245 g/mol. The zero-order chi connectivity index (χ0) is 13.9. The molecule has 0 spiro atoms. The lowest BCUT2D eigenvalue weighted by Crippen LogP contribution is -2.12. The third kappa shape index (κ3) is 3.12. The minimum absolute atomic E-state index is 0.0108. The van der Waals surface area contributed by atoms with Crippen molar-refractivity contribution in [2.75, 3.05) is 7.11 Å². The maximum atomic E-state index is 12.4. The van der Waals surface area contributed by atoms with Crippen molar-refractivity contribution in [2.45, 2.75) is 19.0 Å². The van der Waals surface area contributed by atoms with Crippen LogP contribution in [0.1, 0.15) is 24.0 Å². The molecule has 0 saturated heterocycles. The number of methoxy groups -OCH3 is 1. The quantitative estimate of drug-likeness (QED) is 0.775. The monoisotopic (exact) mass is 258 g/mol. The molecule has 1 rings (SSSR count). The summed E-state index contributed by atoms with van der Waals surface area (Å²) in [6.45, 7) is 4.63. The van der Waals surface area contributed by atoms with Crippen LogP contribution in [0.3, 0.4) is 0 Å². The van der Waals surface area contributed by atoms with Crippen LogP contribution >= 0.6 is 0 Å². The largest absolute Gasteiger partial charge is 0.469 e. The molecule has 0 bridgehead atoms. The summed E-state index contributed by atoms with van der Waals surface area (Å²) in [7, 11) is 1.26. The fraction of sp³-hybridized carbons (Fsp3) is 0.308. The molecule has 2 nitrogen and oxygen atoms in total. The molecule has 5 heteroatoms. The van der Waals surface area contributed by atoms with Crippen molar-refractivity contribution >= 4 is 11.5 Å². The molecule has 98 valence electrons. The van der Waals surface area contributed by atoms with E-state index in [1.54, 1.807) is 6.92 Å². The van der Waals surface area contributed by atoms with Crippen LogP contribution in [0, 0.1) is 0 Å². The standard InChI is InChI=1S/C13H13F3O2/c1-8(12(17)18-3)10-4-6-11(7-5-10)9(2)13(14,15)16/h4-8H,2H2,1,3H3. The molecule has 0 aliphatic rings. The number of benzene rings is 1. The number of carbonyl (C=O) groups is 1. The Balaban J connectivity index is 2.94. The first-order valence-corrected chi connectivity index (χ1v) is 5.21. The SMILES string of the molecule is C=C(c1ccc(C(C)C(=O)OC)cc1)C(F)(F)F. The second-order valence-electron chi connectivity index (χ2n) is 3.84. The Hall–Kier alpha value is -1.78. The highest BCUT2D eigenvalue weighted by Gasteiger charge is 2.32. The zero-order valence-corrected chi connectivity index (χ0v) is 10.0. The molecule has 1 unspecified atom stereocenters. The fourth-order valence-electron chi connectivity index (χ4n) is 1.45. The van der Waals surface area contributed by atoms with E-state index in [1.165, 1.54) is 31.4 Å². The van der Waals surface area contributed by atoms with Gasteiger partial charge in [0, 0.05) is 0 Å². The molecule has 1 aromatic rings. The van der Waals surface area contributed by atoms with E-state index in [4.69, 9.17) is 0 Å². The molecule has 0 fully saturated rings. The van der Waals surface area contributed by atoms with Gasteiger partial charge in [-0.25, -0.2) is 0 Å². The number of allylic oxidation sites excluding steroid dienone is 1. The summed E-state index contributed by atoms with van der Waals surface area (Å²) < 4.78 is 41.8. The Morgan fingerprint density at radius 3 is 2.17 bits per heavy atom. The van der Waals surface area contributed by atoms with Crippen LogP contribution in [0.2, 0.25) is 0 Å². The van der Waals surface area contributed by atoms with E-state index in [-0.39, 0.29) is 5.56 Å². The van der Waals surface area contributed by atoms with Crippen LogP contribution in [-0.4, -0.2) is 19.3 Å². The van der Waals surface area contributed by atoms with Gasteiger partial charge in [-0.3, -0.25) is 4.79 Å². The molecule has 0 N–H and O–H groups in total. The Kier molecular flexibility index (Phi) is 4.16. The molecule has 0 aliphatic heterocycles. The maximum absolute atomic E-state index is 12.4. The molecule has 0 heterocycles. The summed E-state index contributed by atoms with van der Waals surface area (Å²) >= 11 is 0. The molecular formula is C13H13F3O2. The summed E-state index contributed by atoms with van der Waals surface area (Å²) in [5.41, 5.74) is -0.316. The van der Waals surface area contributed by atoms with E-state index in [1.807, 2.05) is 0 Å². The smallest absolute Gasteiger partial charge is 0.416 e. The number of hydrogen-bond acceptors (Lipinski definition) is 2. The molecule has 0 saturated carbocycles. The van der Waals surface area contributed by atoms with Crippen LogP contribution in [0.5, 0.6) is 0 Å². The average Bonchev–Trinajstić information content (AvgIpc) is 2.35. The summed E-state index contributed by atoms with van der Waals surface area (Å²) in [4.78, 5) is 11.3. The van der Waals surface area contributed by atoms with E-state index < -0.39 is 23.6 Å². The van der Waals surface area contributed by atoms with E-state index in [0.717, 1.165) is 0 Å². The summed E-state index contributed by atoms with van der Waals surface area (Å²) in [6, 6.07) is 5.52. The van der Waals surface area contributed by atoms with Crippen LogP contribution < -0.4 is 0 Å². The Morgan fingerprint density at radius 2 is 1.78 bits per heavy atom. The first-order valence-electron chi connectivity index (χ1n) is 5.21. The van der Waals surface area contributed by atoms with Crippen LogP contribution in [0.4, 0.5) is 13.2 Å². The summed E-state index contributed by atoms with van der Waals surface area (Å²) in [6.07, 6.45) is -4.45. The molecule has 0 radical (unpaired) electrons. The molecule has 0 amide bonds. The molecule has 0 aliphatic carbocycles. The number of hydrogen-bond donors (Lipinski definition) is 0. The van der Waals surface area contributed by atoms with Gasteiger partial charge in [-0.05, 0) is 18.1 Å². The summed E-state index contributed by atoms with van der Waals surface area (Å²) in [5, 5.41) is 0. The topological polar surface area (TPSA) is 26.3 Å². The van der Waals surface area contributed by atoms with Crippen LogP contribution in [0.15, 0.2) is 30.8 Å². The van der Waals surface area contributed by atoms with E-state index in [2.05, 4.69) is 11.3 Å². The zero-order valence-electron chi connectivity index (χ0n) is 10.0. The number of alkyl halides is 3. The molecule has 18 heavy (non-hydrogen) atoms. The lowest BCUT2D eigenvalue weighted by atomic mass is 9.98. The maximum Gasteiger partial charge on any atom is 0.416 e. The second-order valence-corrected chi connectivity index (χ2v) is 3.84. The molecule has 1 aromatic carbocycles. The van der Waals surface area contributed by atoms with Gasteiger partial charge in [0.2, 0.25) is 0 Å². The van der Waals surface area contributed by atoms with Crippen molar-refractivity contribution in [1.29, 1.82) is 0 Å². The summed E-state index contributed by atoms with van der Waals surface area (Å²) in [5.74, 6) is -0.944. The van der Waals surface area contributed by atoms with Gasteiger partial charge in [0.1, 0.15) is 0 Å². The minimum Gasteiger partial charge on any atom is -0.469 e. The van der Waals surface area contributed by atoms with Gasteiger partial charge in [0.25, 0.3) is 0 Å². The van der Waals surface area contributed by atoms with Gasteiger partial charge in [0.15, 0.2) is 0 Å². The minimum atomic E-state index is -4.45. The van der Waals surface area contributed by atoms with Crippen LogP contribution in [-0.2, 0) is 9.53 Å². The number of esters is 1. The lowest BCUT2D eigenvalue weighted by molar-refractivity contribution is -0.142. The Labute approximate surface area is 103 Å². The van der Waals surface area contributed by atoms with Crippen molar-refractivity contribution in [3.8, 4) is 0 Å². The van der Waals surface area contributed by atoms with Crippen molar-refractivity contribution in [1.82, 2.24) is 0 Å². The predicted molar refractivity (Wildman–Crippen MR) is 62.0 cm³/mol. The predicted octanol–water partition coefficient (Wildman–Crippen LogP) is 3.54. The van der Waals surface area contributed by atoms with Crippen molar-refractivity contribution in [2.24, 2.45) is 0 Å². The van der Waals surface area contributed by atoms with Gasteiger partial charge in [-0.15, -0.1) is 0 Å². The fourth-order valence-corrected chi connectivity index (χ4v) is 1.45. The van der Waals surface area contributed by atoms with Gasteiger partial charge in [-0.1, -0.05) is 30.8 Å². The highest BCUT2D eigenvalue weighted by Crippen LogP contribution is 2.32. The van der Waals surface area contributed by atoms with Gasteiger partial charge in [0.05, 0.1) is 18.6 Å². The second kappa shape index (κ2) is 5.25. The lowest BCUT2D eigenvalue weighted by Gasteiger charge is -2.12. The number of carbonyl (C=O) groups excluding carboxylic acids is 1. The third-order valence-corrected chi connectivity index (χ3v) is 2.66. The average molecular weight is 258 g/mol. The van der Waals surface area contributed by atoms with Crippen molar-refractivity contribution in [3.63, 3.8) is 0 Å². The first-order chi connectivity index (χ1) is 8.27. The number of rotatable bonds is 3. The number of halogens is 3. The first kappa shape index (κ1) is 14.3. The van der Waals surface area contributed by atoms with Crippen molar-refractivity contribution in [3.05, 3.63) is 42.0 Å². The molecule has 1 atom stereocenters. The molecule has 0 aromatic heterocycles. The normalized spacial score (nSPS) is 12.9. The van der Waals surface area contributed by atoms with Crippen LogP contribution in [0.25, 0.3) is 5.57 Å². The van der Waals surface area contributed by atoms with E-state index >= 15 is 0 Å². The van der Waals surface area contributed by atoms with Gasteiger partial charge in [-0.2, -0.15) is 13.2 Å². The van der Waals surface area contributed by atoms with E-state index in [9.17, 15) is 18.0 Å².